The number of ketones is 1. The Morgan fingerprint density at radius 2 is 1.72 bits per heavy atom. The van der Waals surface area contributed by atoms with E-state index >= 15 is 0 Å². The molecule has 0 radical (unpaired) electrons. The van der Waals surface area contributed by atoms with Crippen LogP contribution < -0.4 is 0 Å². The van der Waals surface area contributed by atoms with Crippen molar-refractivity contribution in [2.45, 2.75) is 97.8 Å². The van der Waals surface area contributed by atoms with Gasteiger partial charge in [-0.05, 0) is 112 Å². The molecule has 0 aromatic carbocycles. The van der Waals surface area contributed by atoms with Crippen LogP contribution in [0.25, 0.3) is 0 Å². The van der Waals surface area contributed by atoms with Gasteiger partial charge in [-0.2, -0.15) is 0 Å². The molecule has 4 rings (SSSR count). The largest absolute Gasteiger partial charge is 0.300 e. The molecule has 1 nitrogen and oxygen atoms in total. The number of Topliss-reactive ketones (excluding diaryl/α,β-unsaturated/α-hetero) is 1. The van der Waals surface area contributed by atoms with Gasteiger partial charge in [-0.25, -0.2) is 0 Å². The molecule has 0 N–H and O–H groups in total. The standard InChI is InChI=1S/C24H40O/c1-16(7-8-17(2)25)19-11-12-21-20(19)13-14-23-22(21)10-9-18-6-4-5-15-24(18,23)3/h16,18-23H,4-15H2,1-3H3/t16-,18+,19-,20?,21-,22+,23+,24+/m1/s1. The van der Waals surface area contributed by atoms with Crippen molar-refractivity contribution in [2.24, 2.45) is 46.8 Å². The van der Waals surface area contributed by atoms with Gasteiger partial charge >= 0.3 is 0 Å². The van der Waals surface area contributed by atoms with Crippen molar-refractivity contribution in [3.8, 4) is 0 Å². The van der Waals surface area contributed by atoms with Gasteiger partial charge in [0.2, 0.25) is 0 Å². The van der Waals surface area contributed by atoms with Gasteiger partial charge < -0.3 is 4.79 Å². The Labute approximate surface area is 155 Å². The predicted octanol–water partition coefficient (Wildman–Crippen LogP) is 6.65. The first kappa shape index (κ1) is 18.1. The number of carbonyl (C=O) groups is 1. The molecule has 25 heavy (non-hydrogen) atoms. The molecule has 0 amide bonds. The van der Waals surface area contributed by atoms with Crippen LogP contribution in [-0.2, 0) is 4.79 Å². The monoisotopic (exact) mass is 344 g/mol. The van der Waals surface area contributed by atoms with E-state index in [2.05, 4.69) is 13.8 Å². The van der Waals surface area contributed by atoms with Crippen molar-refractivity contribution in [3.63, 3.8) is 0 Å². The molecular weight excluding hydrogens is 304 g/mol. The smallest absolute Gasteiger partial charge is 0.129 e. The van der Waals surface area contributed by atoms with Crippen LogP contribution >= 0.6 is 0 Å². The van der Waals surface area contributed by atoms with Crippen LogP contribution in [0.1, 0.15) is 97.8 Å². The van der Waals surface area contributed by atoms with Gasteiger partial charge in [0.25, 0.3) is 0 Å². The maximum Gasteiger partial charge on any atom is 0.129 e. The number of rotatable bonds is 4. The summed E-state index contributed by atoms with van der Waals surface area (Å²) in [6.07, 6.45) is 17.0. The van der Waals surface area contributed by atoms with Crippen LogP contribution in [0.5, 0.6) is 0 Å². The average Bonchev–Trinajstić information content (AvgIpc) is 3.03. The molecule has 0 bridgehead atoms. The molecule has 142 valence electrons. The van der Waals surface area contributed by atoms with Gasteiger partial charge in [0.05, 0.1) is 0 Å². The fraction of sp³-hybridized carbons (Fsp3) is 0.958. The minimum absolute atomic E-state index is 0.383. The molecule has 4 saturated carbocycles. The molecule has 0 spiro atoms. The highest BCUT2D eigenvalue weighted by atomic mass is 16.1. The molecule has 1 unspecified atom stereocenters. The quantitative estimate of drug-likeness (QED) is 0.558. The molecule has 0 aromatic heterocycles. The van der Waals surface area contributed by atoms with Gasteiger partial charge in [0.1, 0.15) is 5.78 Å². The molecule has 4 fully saturated rings. The highest BCUT2D eigenvalue weighted by molar-refractivity contribution is 5.75. The minimum Gasteiger partial charge on any atom is -0.300 e. The molecule has 4 aliphatic carbocycles. The van der Waals surface area contributed by atoms with Crippen molar-refractivity contribution in [1.82, 2.24) is 0 Å². The summed E-state index contributed by atoms with van der Waals surface area (Å²) < 4.78 is 0. The van der Waals surface area contributed by atoms with Crippen LogP contribution in [0, 0.1) is 46.8 Å². The summed E-state index contributed by atoms with van der Waals surface area (Å²) >= 11 is 0. The Hall–Kier alpha value is -0.330. The third-order valence-corrected chi connectivity index (χ3v) is 9.64. The van der Waals surface area contributed by atoms with Crippen LogP contribution in [0.2, 0.25) is 0 Å². The third kappa shape index (κ3) is 3.12. The van der Waals surface area contributed by atoms with Gasteiger partial charge in [-0.1, -0.05) is 26.7 Å². The molecule has 0 aliphatic heterocycles. The Bertz CT molecular complexity index is 496. The number of fused-ring (bicyclic) bond motifs is 5. The van der Waals surface area contributed by atoms with Gasteiger partial charge in [0.15, 0.2) is 0 Å². The molecular formula is C24H40O. The second-order valence-electron chi connectivity index (χ2n) is 10.7. The van der Waals surface area contributed by atoms with E-state index in [0.717, 1.165) is 54.3 Å². The average molecular weight is 345 g/mol. The summed E-state index contributed by atoms with van der Waals surface area (Å²) in [7, 11) is 0. The van der Waals surface area contributed by atoms with Crippen molar-refractivity contribution in [3.05, 3.63) is 0 Å². The van der Waals surface area contributed by atoms with E-state index in [9.17, 15) is 4.79 Å². The van der Waals surface area contributed by atoms with Crippen LogP contribution in [0.3, 0.4) is 0 Å². The van der Waals surface area contributed by atoms with Crippen molar-refractivity contribution >= 4 is 5.78 Å². The van der Waals surface area contributed by atoms with Crippen molar-refractivity contribution < 1.29 is 4.79 Å². The molecule has 4 aliphatic rings. The van der Waals surface area contributed by atoms with Crippen molar-refractivity contribution in [2.75, 3.05) is 0 Å². The Balaban J connectivity index is 1.46. The number of hydrogen-bond acceptors (Lipinski definition) is 1. The summed E-state index contributed by atoms with van der Waals surface area (Å²) in [5.74, 6) is 7.22. The van der Waals surface area contributed by atoms with Crippen LogP contribution in [-0.4, -0.2) is 5.78 Å². The van der Waals surface area contributed by atoms with Crippen LogP contribution in [0.4, 0.5) is 0 Å². The zero-order valence-electron chi connectivity index (χ0n) is 16.9. The zero-order chi connectivity index (χ0) is 17.6. The second-order valence-corrected chi connectivity index (χ2v) is 10.7. The maximum absolute atomic E-state index is 11.4. The Kier molecular flexibility index (Phi) is 5.06. The topological polar surface area (TPSA) is 17.1 Å². The van der Waals surface area contributed by atoms with E-state index < -0.39 is 0 Å². The van der Waals surface area contributed by atoms with E-state index in [1.54, 1.807) is 13.3 Å². The molecule has 0 saturated heterocycles. The van der Waals surface area contributed by atoms with Crippen LogP contribution in [0.15, 0.2) is 0 Å². The lowest BCUT2D eigenvalue weighted by Gasteiger charge is -2.58. The van der Waals surface area contributed by atoms with E-state index in [1.165, 1.54) is 57.8 Å². The summed E-state index contributed by atoms with van der Waals surface area (Å²) in [5, 5.41) is 0. The van der Waals surface area contributed by atoms with E-state index in [-0.39, 0.29) is 0 Å². The zero-order valence-corrected chi connectivity index (χ0v) is 16.9. The molecule has 0 heterocycles. The van der Waals surface area contributed by atoms with Gasteiger partial charge in [0, 0.05) is 6.42 Å². The summed E-state index contributed by atoms with van der Waals surface area (Å²) in [6.45, 7) is 6.90. The first-order valence-corrected chi connectivity index (χ1v) is 11.5. The minimum atomic E-state index is 0.383. The highest BCUT2D eigenvalue weighted by Crippen LogP contribution is 2.64. The lowest BCUT2D eigenvalue weighted by Crippen LogP contribution is -2.50. The number of hydrogen-bond donors (Lipinski definition) is 0. The Morgan fingerprint density at radius 3 is 2.52 bits per heavy atom. The third-order valence-electron chi connectivity index (χ3n) is 9.64. The molecule has 0 aromatic rings. The highest BCUT2D eigenvalue weighted by Gasteiger charge is 2.55. The molecule has 8 atom stereocenters. The van der Waals surface area contributed by atoms with E-state index in [4.69, 9.17) is 0 Å². The fourth-order valence-electron chi connectivity index (χ4n) is 8.35. The Morgan fingerprint density at radius 1 is 0.960 bits per heavy atom. The van der Waals surface area contributed by atoms with Gasteiger partial charge in [-0.3, -0.25) is 0 Å². The number of carbonyl (C=O) groups excluding carboxylic acids is 1. The second kappa shape index (κ2) is 7.01. The lowest BCUT2D eigenvalue weighted by atomic mass is 9.47. The van der Waals surface area contributed by atoms with E-state index in [1.807, 2.05) is 0 Å². The summed E-state index contributed by atoms with van der Waals surface area (Å²) in [5.41, 5.74) is 0.685. The lowest BCUT2D eigenvalue weighted by molar-refractivity contribution is -0.117. The van der Waals surface area contributed by atoms with Crippen molar-refractivity contribution in [1.29, 1.82) is 0 Å². The summed E-state index contributed by atoms with van der Waals surface area (Å²) in [4.78, 5) is 11.4. The SMILES string of the molecule is CC(=O)CC[C@@H](C)[C@H]1CC[C@@H]2C1CC[C@H]1[C@H]2CC[C@@H]2CCCC[C@@]21C. The van der Waals surface area contributed by atoms with Gasteiger partial charge in [-0.15, -0.1) is 0 Å². The molecule has 1 heteroatoms. The first-order chi connectivity index (χ1) is 12.0. The predicted molar refractivity (Wildman–Crippen MR) is 104 cm³/mol. The normalized spacial score (nSPS) is 47.5. The first-order valence-electron chi connectivity index (χ1n) is 11.5. The fourth-order valence-corrected chi connectivity index (χ4v) is 8.35. The summed E-state index contributed by atoms with van der Waals surface area (Å²) in [6, 6.07) is 0. The van der Waals surface area contributed by atoms with E-state index in [0.29, 0.717) is 11.2 Å². The maximum atomic E-state index is 11.4.